The summed E-state index contributed by atoms with van der Waals surface area (Å²) in [5.41, 5.74) is 4.42. The molecule has 0 saturated carbocycles. The third-order valence-corrected chi connectivity index (χ3v) is 3.70. The molecule has 0 heterocycles. The molecule has 27 heavy (non-hydrogen) atoms. The molecule has 0 aliphatic carbocycles. The minimum Gasteiger partial charge on any atom is -0.324 e. The highest BCUT2D eigenvalue weighted by Crippen LogP contribution is 2.31. The van der Waals surface area contributed by atoms with E-state index in [9.17, 15) is 4.79 Å². The van der Waals surface area contributed by atoms with E-state index in [2.05, 4.69) is 25.8 Å². The first kappa shape index (κ1) is 18.1. The summed E-state index contributed by atoms with van der Waals surface area (Å²) in [7, 11) is 0. The minimum absolute atomic E-state index is 0.148. The van der Waals surface area contributed by atoms with Crippen molar-refractivity contribution in [1.82, 2.24) is 0 Å². The van der Waals surface area contributed by atoms with E-state index in [1.807, 2.05) is 73.7 Å². The molecule has 0 aliphatic rings. The number of carbonyl (C=O) groups excluding carboxylic acids is 1. The molecule has 1 N–H and O–H groups in total. The monoisotopic (exact) mass is 357 g/mol. The summed E-state index contributed by atoms with van der Waals surface area (Å²) < 4.78 is 0. The first-order valence-electron chi connectivity index (χ1n) is 8.47. The predicted molar refractivity (Wildman–Crippen MR) is 107 cm³/mol. The second-order valence-electron chi connectivity index (χ2n) is 5.90. The maximum atomic E-state index is 11.3. The maximum absolute atomic E-state index is 11.3. The Bertz CT molecular complexity index is 979. The van der Waals surface area contributed by atoms with Gasteiger partial charge in [-0.15, -0.1) is 5.11 Å². The first-order valence-corrected chi connectivity index (χ1v) is 8.47. The molecule has 0 radical (unpaired) electrons. The second-order valence-corrected chi connectivity index (χ2v) is 5.90. The fourth-order valence-corrected chi connectivity index (χ4v) is 2.39. The Labute approximate surface area is 157 Å². The molecule has 1 amide bonds. The van der Waals surface area contributed by atoms with Crippen LogP contribution in [0.5, 0.6) is 0 Å². The van der Waals surface area contributed by atoms with Crippen LogP contribution in [0.4, 0.5) is 28.4 Å². The van der Waals surface area contributed by atoms with Crippen molar-refractivity contribution in [2.75, 3.05) is 5.32 Å². The standard InChI is InChI=1S/C21H19N5O/c1-15-7-6-10-20(22-16(2)27)21(15)26-25-19-13-11-18(12-14-19)24-23-17-8-4-3-5-9-17/h3-14H,1-2H3,(H,22,27). The van der Waals surface area contributed by atoms with Gasteiger partial charge in [0.05, 0.1) is 22.7 Å². The number of nitrogens with zero attached hydrogens (tertiary/aromatic N) is 4. The lowest BCUT2D eigenvalue weighted by Crippen LogP contribution is -2.06. The van der Waals surface area contributed by atoms with Crippen molar-refractivity contribution < 1.29 is 4.79 Å². The van der Waals surface area contributed by atoms with Gasteiger partial charge in [0.25, 0.3) is 0 Å². The van der Waals surface area contributed by atoms with Crippen molar-refractivity contribution >= 4 is 34.3 Å². The number of rotatable bonds is 5. The molecule has 3 aromatic carbocycles. The van der Waals surface area contributed by atoms with Gasteiger partial charge in [0, 0.05) is 6.92 Å². The number of hydrogen-bond acceptors (Lipinski definition) is 5. The zero-order valence-electron chi connectivity index (χ0n) is 15.1. The van der Waals surface area contributed by atoms with Crippen molar-refractivity contribution in [3.05, 3.63) is 78.4 Å². The number of nitrogens with one attached hydrogen (secondary N) is 1. The number of carbonyl (C=O) groups is 1. The molecule has 3 rings (SSSR count). The lowest BCUT2D eigenvalue weighted by Gasteiger charge is -2.07. The van der Waals surface area contributed by atoms with Crippen LogP contribution in [-0.4, -0.2) is 5.91 Å². The molecular formula is C21H19N5O. The average molecular weight is 357 g/mol. The Morgan fingerprint density at radius 1 is 0.704 bits per heavy atom. The molecule has 0 aromatic heterocycles. The topological polar surface area (TPSA) is 78.5 Å². The SMILES string of the molecule is CC(=O)Nc1cccc(C)c1N=Nc1ccc(N=Nc2ccccc2)cc1. The van der Waals surface area contributed by atoms with Gasteiger partial charge in [0.2, 0.25) is 5.91 Å². The quantitative estimate of drug-likeness (QED) is 0.502. The van der Waals surface area contributed by atoms with E-state index in [-0.39, 0.29) is 5.91 Å². The molecule has 3 aromatic rings. The van der Waals surface area contributed by atoms with E-state index in [4.69, 9.17) is 0 Å². The first-order chi connectivity index (χ1) is 13.1. The van der Waals surface area contributed by atoms with Gasteiger partial charge >= 0.3 is 0 Å². The molecule has 0 unspecified atom stereocenters. The summed E-state index contributed by atoms with van der Waals surface area (Å²) in [6, 6.07) is 22.4. The highest BCUT2D eigenvalue weighted by molar-refractivity contribution is 5.92. The van der Waals surface area contributed by atoms with Gasteiger partial charge in [-0.1, -0.05) is 30.3 Å². The van der Waals surface area contributed by atoms with Crippen molar-refractivity contribution in [2.24, 2.45) is 20.5 Å². The molecule has 0 aliphatic heterocycles. The molecule has 0 bridgehead atoms. The average Bonchev–Trinajstić information content (AvgIpc) is 2.67. The van der Waals surface area contributed by atoms with Crippen LogP contribution in [0.3, 0.4) is 0 Å². The third kappa shape index (κ3) is 5.15. The van der Waals surface area contributed by atoms with Crippen LogP contribution in [-0.2, 0) is 4.79 Å². The molecule has 134 valence electrons. The van der Waals surface area contributed by atoms with Gasteiger partial charge in [-0.2, -0.15) is 15.3 Å². The predicted octanol–water partition coefficient (Wildman–Crippen LogP) is 6.78. The Morgan fingerprint density at radius 2 is 1.26 bits per heavy atom. The number of aryl methyl sites for hydroxylation is 1. The highest BCUT2D eigenvalue weighted by atomic mass is 16.1. The van der Waals surface area contributed by atoms with Gasteiger partial charge in [0.1, 0.15) is 5.69 Å². The third-order valence-electron chi connectivity index (χ3n) is 3.70. The Morgan fingerprint density at radius 3 is 1.85 bits per heavy atom. The summed E-state index contributed by atoms with van der Waals surface area (Å²) in [6.45, 7) is 3.39. The van der Waals surface area contributed by atoms with Crippen LogP contribution < -0.4 is 5.32 Å². The van der Waals surface area contributed by atoms with Gasteiger partial charge < -0.3 is 5.32 Å². The summed E-state index contributed by atoms with van der Waals surface area (Å²) in [5, 5.41) is 19.7. The molecule has 6 nitrogen and oxygen atoms in total. The smallest absolute Gasteiger partial charge is 0.221 e. The maximum Gasteiger partial charge on any atom is 0.221 e. The fourth-order valence-electron chi connectivity index (χ4n) is 2.39. The molecule has 0 spiro atoms. The van der Waals surface area contributed by atoms with Gasteiger partial charge in [-0.25, -0.2) is 0 Å². The van der Waals surface area contributed by atoms with E-state index in [0.717, 1.165) is 16.9 Å². The lowest BCUT2D eigenvalue weighted by molar-refractivity contribution is -0.114. The lowest BCUT2D eigenvalue weighted by atomic mass is 10.1. The van der Waals surface area contributed by atoms with Gasteiger partial charge in [-0.05, 0) is 55.0 Å². The van der Waals surface area contributed by atoms with E-state index in [1.165, 1.54) is 6.92 Å². The second kappa shape index (κ2) is 8.62. The Balaban J connectivity index is 1.75. The largest absolute Gasteiger partial charge is 0.324 e. The summed E-state index contributed by atoms with van der Waals surface area (Å²) >= 11 is 0. The molecular weight excluding hydrogens is 338 g/mol. The van der Waals surface area contributed by atoms with Gasteiger partial charge in [-0.3, -0.25) is 4.79 Å². The minimum atomic E-state index is -0.148. The Kier molecular flexibility index (Phi) is 5.79. The van der Waals surface area contributed by atoms with E-state index >= 15 is 0 Å². The Hall–Kier alpha value is -3.67. The number of benzene rings is 3. The van der Waals surface area contributed by atoms with Crippen LogP contribution in [0.15, 0.2) is 93.3 Å². The van der Waals surface area contributed by atoms with Crippen molar-refractivity contribution in [3.8, 4) is 0 Å². The highest BCUT2D eigenvalue weighted by Gasteiger charge is 2.06. The fraction of sp³-hybridized carbons (Fsp3) is 0.0952. The molecule has 0 fully saturated rings. The zero-order valence-corrected chi connectivity index (χ0v) is 15.1. The van der Waals surface area contributed by atoms with Crippen molar-refractivity contribution in [1.29, 1.82) is 0 Å². The zero-order chi connectivity index (χ0) is 19.1. The van der Waals surface area contributed by atoms with Gasteiger partial charge in [0.15, 0.2) is 0 Å². The van der Waals surface area contributed by atoms with E-state index in [1.54, 1.807) is 6.07 Å². The molecule has 6 heteroatoms. The summed E-state index contributed by atoms with van der Waals surface area (Å²) in [6.07, 6.45) is 0. The van der Waals surface area contributed by atoms with Crippen LogP contribution in [0.1, 0.15) is 12.5 Å². The van der Waals surface area contributed by atoms with Crippen LogP contribution in [0.2, 0.25) is 0 Å². The summed E-state index contributed by atoms with van der Waals surface area (Å²) in [4.78, 5) is 11.3. The molecule has 0 saturated heterocycles. The van der Waals surface area contributed by atoms with Crippen molar-refractivity contribution in [3.63, 3.8) is 0 Å². The number of amides is 1. The summed E-state index contributed by atoms with van der Waals surface area (Å²) in [5.74, 6) is -0.148. The number of azo groups is 2. The number of hydrogen-bond donors (Lipinski definition) is 1. The van der Waals surface area contributed by atoms with E-state index < -0.39 is 0 Å². The molecule has 0 atom stereocenters. The van der Waals surface area contributed by atoms with Crippen LogP contribution in [0, 0.1) is 6.92 Å². The van der Waals surface area contributed by atoms with Crippen molar-refractivity contribution in [2.45, 2.75) is 13.8 Å². The van der Waals surface area contributed by atoms with E-state index in [0.29, 0.717) is 17.1 Å². The number of anilines is 1. The normalized spacial score (nSPS) is 11.2. The van der Waals surface area contributed by atoms with Crippen LogP contribution >= 0.6 is 0 Å². The van der Waals surface area contributed by atoms with Crippen LogP contribution in [0.25, 0.3) is 0 Å².